The first-order valence-electron chi connectivity index (χ1n) is 8.73. The van der Waals surface area contributed by atoms with E-state index in [-0.39, 0.29) is 22.5 Å². The van der Waals surface area contributed by atoms with E-state index in [1.165, 1.54) is 48.7 Å². The van der Waals surface area contributed by atoms with Crippen LogP contribution in [-0.2, 0) is 0 Å². The van der Waals surface area contributed by atoms with Crippen LogP contribution in [-0.4, -0.2) is 10.5 Å². The highest BCUT2D eigenvalue weighted by Gasteiger charge is 2.16. The Morgan fingerprint density at radius 3 is 2.45 bits per heavy atom. The number of pyridine rings is 1. The van der Waals surface area contributed by atoms with Crippen LogP contribution in [0.25, 0.3) is 5.69 Å². The fraction of sp³-hybridized carbons (Fsp3) is 0.143. The van der Waals surface area contributed by atoms with Crippen LogP contribution >= 0.6 is 0 Å². The minimum absolute atomic E-state index is 0.0117. The summed E-state index contributed by atoms with van der Waals surface area (Å²) in [6.07, 6.45) is -1.46. The van der Waals surface area contributed by atoms with E-state index in [2.05, 4.69) is 5.32 Å². The van der Waals surface area contributed by atoms with E-state index in [0.717, 1.165) is 10.6 Å². The van der Waals surface area contributed by atoms with Gasteiger partial charge in [0.15, 0.2) is 0 Å². The lowest BCUT2D eigenvalue weighted by Crippen LogP contribution is -2.28. The Morgan fingerprint density at radius 2 is 1.76 bits per heavy atom. The molecular weight excluding hydrogens is 383 g/mol. The molecule has 0 saturated carbocycles. The SMILES string of the molecule is C[C@@H](NC(=O)c1ccc(=O)n(-c2ccccc2F)c1)c1cc(N)cc(C(F)F)c1. The summed E-state index contributed by atoms with van der Waals surface area (Å²) in [5, 5.41) is 2.67. The zero-order chi connectivity index (χ0) is 21.1. The van der Waals surface area contributed by atoms with Crippen molar-refractivity contribution >= 4 is 11.6 Å². The van der Waals surface area contributed by atoms with E-state index in [1.807, 2.05) is 0 Å². The molecule has 1 amide bonds. The van der Waals surface area contributed by atoms with E-state index in [4.69, 9.17) is 5.73 Å². The Labute approximate surface area is 164 Å². The topological polar surface area (TPSA) is 77.1 Å². The molecule has 8 heteroatoms. The summed E-state index contributed by atoms with van der Waals surface area (Å²) in [5.74, 6) is -1.16. The van der Waals surface area contributed by atoms with Gasteiger partial charge in [0.2, 0.25) is 0 Å². The molecule has 1 aromatic heterocycles. The molecule has 3 rings (SSSR count). The third-order valence-electron chi connectivity index (χ3n) is 4.38. The third kappa shape index (κ3) is 4.48. The zero-order valence-corrected chi connectivity index (χ0v) is 15.4. The maximum absolute atomic E-state index is 14.0. The van der Waals surface area contributed by atoms with E-state index >= 15 is 0 Å². The number of hydrogen-bond acceptors (Lipinski definition) is 3. The number of nitrogens with one attached hydrogen (secondary N) is 1. The van der Waals surface area contributed by atoms with Crippen LogP contribution in [0.15, 0.2) is 65.6 Å². The molecule has 0 saturated heterocycles. The van der Waals surface area contributed by atoms with Gasteiger partial charge >= 0.3 is 0 Å². The van der Waals surface area contributed by atoms with Crippen LogP contribution in [0.2, 0.25) is 0 Å². The minimum atomic E-state index is -2.69. The Morgan fingerprint density at radius 1 is 1.07 bits per heavy atom. The highest BCUT2D eigenvalue weighted by atomic mass is 19.3. The second-order valence-electron chi connectivity index (χ2n) is 6.51. The number of aromatic nitrogens is 1. The summed E-state index contributed by atoms with van der Waals surface area (Å²) in [6, 6.07) is 11.5. The smallest absolute Gasteiger partial charge is 0.263 e. The number of para-hydroxylation sites is 1. The summed E-state index contributed by atoms with van der Waals surface area (Å²) in [4.78, 5) is 24.7. The third-order valence-corrected chi connectivity index (χ3v) is 4.38. The molecule has 3 N–H and O–H groups in total. The maximum atomic E-state index is 14.0. The number of nitrogens with zero attached hydrogens (tertiary/aromatic N) is 1. The van der Waals surface area contributed by atoms with Crippen molar-refractivity contribution in [2.24, 2.45) is 0 Å². The molecule has 1 heterocycles. The minimum Gasteiger partial charge on any atom is -0.399 e. The zero-order valence-electron chi connectivity index (χ0n) is 15.4. The number of halogens is 3. The lowest BCUT2D eigenvalue weighted by atomic mass is 10.0. The molecule has 0 aliphatic carbocycles. The molecule has 0 fully saturated rings. The van der Waals surface area contributed by atoms with Gasteiger partial charge in [0.25, 0.3) is 17.9 Å². The normalized spacial score (nSPS) is 12.0. The second-order valence-corrected chi connectivity index (χ2v) is 6.51. The van der Waals surface area contributed by atoms with Crippen molar-refractivity contribution in [1.29, 1.82) is 0 Å². The summed E-state index contributed by atoms with van der Waals surface area (Å²) >= 11 is 0. The first-order valence-corrected chi connectivity index (χ1v) is 8.73. The predicted octanol–water partition coefficient (Wildman–Crippen LogP) is 3.99. The van der Waals surface area contributed by atoms with Crippen LogP contribution in [0, 0.1) is 5.82 Å². The number of nitrogen functional groups attached to an aromatic ring is 1. The molecular formula is C21H18F3N3O2. The van der Waals surface area contributed by atoms with Gasteiger partial charge in [-0.1, -0.05) is 12.1 Å². The van der Waals surface area contributed by atoms with Crippen molar-refractivity contribution in [1.82, 2.24) is 9.88 Å². The van der Waals surface area contributed by atoms with Gasteiger partial charge in [-0.15, -0.1) is 0 Å². The molecule has 0 radical (unpaired) electrons. The monoisotopic (exact) mass is 401 g/mol. The maximum Gasteiger partial charge on any atom is 0.263 e. The summed E-state index contributed by atoms with van der Waals surface area (Å²) in [5.41, 5.74) is 5.62. The highest BCUT2D eigenvalue weighted by molar-refractivity contribution is 5.94. The van der Waals surface area contributed by atoms with Crippen molar-refractivity contribution < 1.29 is 18.0 Å². The van der Waals surface area contributed by atoms with Crippen LogP contribution in [0.3, 0.4) is 0 Å². The van der Waals surface area contributed by atoms with Crippen molar-refractivity contribution in [3.05, 3.63) is 93.7 Å². The quantitative estimate of drug-likeness (QED) is 0.635. The Balaban J connectivity index is 1.87. The van der Waals surface area contributed by atoms with Gasteiger partial charge in [-0.05, 0) is 48.9 Å². The van der Waals surface area contributed by atoms with Crippen LogP contribution in [0.4, 0.5) is 18.9 Å². The number of rotatable bonds is 5. The molecule has 5 nitrogen and oxygen atoms in total. The predicted molar refractivity (Wildman–Crippen MR) is 104 cm³/mol. The Kier molecular flexibility index (Phi) is 5.72. The number of benzene rings is 2. The lowest BCUT2D eigenvalue weighted by Gasteiger charge is -2.17. The average molecular weight is 401 g/mol. The van der Waals surface area contributed by atoms with Crippen LogP contribution in [0.1, 0.15) is 40.9 Å². The summed E-state index contributed by atoms with van der Waals surface area (Å²) < 4.78 is 41.0. The number of nitrogens with two attached hydrogens (primary N) is 1. The summed E-state index contributed by atoms with van der Waals surface area (Å²) in [7, 11) is 0. The number of carbonyl (C=O) groups is 1. The average Bonchev–Trinajstić information content (AvgIpc) is 2.68. The van der Waals surface area contributed by atoms with E-state index in [9.17, 15) is 22.8 Å². The van der Waals surface area contributed by atoms with Gasteiger partial charge in [0, 0.05) is 23.5 Å². The summed E-state index contributed by atoms with van der Waals surface area (Å²) in [6.45, 7) is 1.62. The Bertz CT molecular complexity index is 1110. The molecule has 29 heavy (non-hydrogen) atoms. The van der Waals surface area contributed by atoms with Crippen LogP contribution < -0.4 is 16.6 Å². The number of anilines is 1. The number of hydrogen-bond donors (Lipinski definition) is 2. The second kappa shape index (κ2) is 8.22. The van der Waals surface area contributed by atoms with Gasteiger partial charge in [0.05, 0.1) is 17.3 Å². The molecule has 0 bridgehead atoms. The van der Waals surface area contributed by atoms with Crippen molar-refractivity contribution in [2.45, 2.75) is 19.4 Å². The largest absolute Gasteiger partial charge is 0.399 e. The van der Waals surface area contributed by atoms with Gasteiger partial charge in [0.1, 0.15) is 5.82 Å². The van der Waals surface area contributed by atoms with Gasteiger partial charge in [-0.2, -0.15) is 0 Å². The lowest BCUT2D eigenvalue weighted by molar-refractivity contribution is 0.0939. The van der Waals surface area contributed by atoms with E-state index < -0.39 is 29.8 Å². The molecule has 3 aromatic rings. The van der Waals surface area contributed by atoms with Crippen molar-refractivity contribution in [2.75, 3.05) is 5.73 Å². The molecule has 0 unspecified atom stereocenters. The van der Waals surface area contributed by atoms with Crippen molar-refractivity contribution in [3.63, 3.8) is 0 Å². The fourth-order valence-corrected chi connectivity index (χ4v) is 2.90. The molecule has 0 aliphatic rings. The van der Waals surface area contributed by atoms with E-state index in [1.54, 1.807) is 13.0 Å². The molecule has 0 aliphatic heterocycles. The highest BCUT2D eigenvalue weighted by Crippen LogP contribution is 2.26. The first kappa shape index (κ1) is 20.2. The fourth-order valence-electron chi connectivity index (χ4n) is 2.90. The standard InChI is InChI=1S/C21H18F3N3O2/c1-12(14-8-15(20(23)24)10-16(25)9-14)26-21(29)13-6-7-19(28)27(11-13)18-5-3-2-4-17(18)22/h2-12,20H,25H2,1H3,(H,26,29)/t12-/m1/s1. The first-order chi connectivity index (χ1) is 13.8. The molecule has 150 valence electrons. The Hall–Kier alpha value is -3.55. The number of carbonyl (C=O) groups excluding carboxylic acids is 1. The molecule has 2 aromatic carbocycles. The number of amides is 1. The van der Waals surface area contributed by atoms with Crippen LogP contribution in [0.5, 0.6) is 0 Å². The van der Waals surface area contributed by atoms with Gasteiger partial charge < -0.3 is 11.1 Å². The van der Waals surface area contributed by atoms with E-state index in [0.29, 0.717) is 5.56 Å². The van der Waals surface area contributed by atoms with Gasteiger partial charge in [-0.3, -0.25) is 14.2 Å². The van der Waals surface area contributed by atoms with Gasteiger partial charge in [-0.25, -0.2) is 13.2 Å². The molecule has 0 spiro atoms. The van der Waals surface area contributed by atoms with Crippen molar-refractivity contribution in [3.8, 4) is 5.69 Å². The molecule has 1 atom stereocenters. The number of alkyl halides is 2.